The van der Waals surface area contributed by atoms with Crippen molar-refractivity contribution < 1.29 is 14.2 Å². The number of methoxy groups -OCH3 is 1. The van der Waals surface area contributed by atoms with Crippen molar-refractivity contribution in [1.82, 2.24) is 5.32 Å². The van der Waals surface area contributed by atoms with E-state index >= 15 is 0 Å². The summed E-state index contributed by atoms with van der Waals surface area (Å²) >= 11 is 12.2. The van der Waals surface area contributed by atoms with Crippen molar-refractivity contribution in [2.24, 2.45) is 0 Å². The van der Waals surface area contributed by atoms with Gasteiger partial charge in [-0.05, 0) is 29.8 Å². The molecule has 0 atom stereocenters. The molecule has 0 bridgehead atoms. The average Bonchev–Trinajstić information content (AvgIpc) is 2.94. The molecular formula is C16H15Cl2NO3. The zero-order valence-corrected chi connectivity index (χ0v) is 13.5. The molecule has 1 heterocycles. The van der Waals surface area contributed by atoms with Crippen LogP contribution in [0.3, 0.4) is 0 Å². The Morgan fingerprint density at radius 3 is 2.73 bits per heavy atom. The highest BCUT2D eigenvalue weighted by Gasteiger charge is 2.13. The van der Waals surface area contributed by atoms with Crippen LogP contribution in [-0.4, -0.2) is 13.9 Å². The second kappa shape index (κ2) is 6.65. The predicted octanol–water partition coefficient (Wildman–Crippen LogP) is 4.02. The van der Waals surface area contributed by atoms with Gasteiger partial charge in [-0.2, -0.15) is 0 Å². The molecule has 1 N–H and O–H groups in total. The molecule has 1 aliphatic rings. The maximum absolute atomic E-state index is 6.13. The maximum atomic E-state index is 6.13. The van der Waals surface area contributed by atoms with Gasteiger partial charge in [0.25, 0.3) is 0 Å². The van der Waals surface area contributed by atoms with E-state index in [1.54, 1.807) is 13.2 Å². The van der Waals surface area contributed by atoms with E-state index in [2.05, 4.69) is 5.32 Å². The third-order valence-electron chi connectivity index (χ3n) is 3.37. The fraction of sp³-hybridized carbons (Fsp3) is 0.250. The minimum Gasteiger partial charge on any atom is -0.495 e. The molecule has 0 saturated heterocycles. The number of nitrogens with one attached hydrogen (secondary N) is 1. The third kappa shape index (κ3) is 3.24. The van der Waals surface area contributed by atoms with Gasteiger partial charge in [0, 0.05) is 23.7 Å². The van der Waals surface area contributed by atoms with Gasteiger partial charge in [0.1, 0.15) is 5.75 Å². The monoisotopic (exact) mass is 339 g/mol. The largest absolute Gasteiger partial charge is 0.495 e. The summed E-state index contributed by atoms with van der Waals surface area (Å²) in [5.41, 5.74) is 2.03. The highest BCUT2D eigenvalue weighted by atomic mass is 35.5. The van der Waals surface area contributed by atoms with Crippen molar-refractivity contribution >= 4 is 23.2 Å². The number of benzene rings is 2. The van der Waals surface area contributed by atoms with Gasteiger partial charge in [0.05, 0.1) is 12.1 Å². The summed E-state index contributed by atoms with van der Waals surface area (Å²) in [6.07, 6.45) is 0. The standard InChI is InChI=1S/C16H15Cl2NO3/c1-20-16-11(5-12(17)6-13(16)18)8-19-7-10-2-3-14-15(4-10)22-9-21-14/h2-6,19H,7-9H2,1H3. The molecule has 22 heavy (non-hydrogen) atoms. The topological polar surface area (TPSA) is 39.7 Å². The zero-order chi connectivity index (χ0) is 15.5. The second-order valence-corrected chi connectivity index (χ2v) is 5.71. The van der Waals surface area contributed by atoms with Crippen LogP contribution in [0.15, 0.2) is 30.3 Å². The normalized spacial score (nSPS) is 12.5. The van der Waals surface area contributed by atoms with Gasteiger partial charge < -0.3 is 19.5 Å². The van der Waals surface area contributed by atoms with E-state index in [9.17, 15) is 0 Å². The Kier molecular flexibility index (Phi) is 4.62. The third-order valence-corrected chi connectivity index (χ3v) is 3.87. The smallest absolute Gasteiger partial charge is 0.231 e. The first kappa shape index (κ1) is 15.3. The van der Waals surface area contributed by atoms with Crippen molar-refractivity contribution in [3.63, 3.8) is 0 Å². The van der Waals surface area contributed by atoms with Crippen molar-refractivity contribution in [2.45, 2.75) is 13.1 Å². The van der Waals surface area contributed by atoms with Gasteiger partial charge in [0.15, 0.2) is 11.5 Å². The SMILES string of the molecule is COc1c(Cl)cc(Cl)cc1CNCc1ccc2c(c1)OCO2. The van der Waals surface area contributed by atoms with Crippen LogP contribution in [-0.2, 0) is 13.1 Å². The Hall–Kier alpha value is -1.62. The molecule has 0 unspecified atom stereocenters. The first-order valence-corrected chi connectivity index (χ1v) is 7.54. The summed E-state index contributed by atoms with van der Waals surface area (Å²) < 4.78 is 16.0. The van der Waals surface area contributed by atoms with Gasteiger partial charge >= 0.3 is 0 Å². The van der Waals surface area contributed by atoms with Crippen LogP contribution >= 0.6 is 23.2 Å². The van der Waals surface area contributed by atoms with Crippen LogP contribution in [0, 0.1) is 0 Å². The summed E-state index contributed by atoms with van der Waals surface area (Å²) in [5, 5.41) is 4.44. The van der Waals surface area contributed by atoms with E-state index < -0.39 is 0 Å². The first-order valence-electron chi connectivity index (χ1n) is 6.78. The van der Waals surface area contributed by atoms with Crippen LogP contribution in [0.2, 0.25) is 10.0 Å². The molecule has 3 rings (SSSR count). The predicted molar refractivity (Wildman–Crippen MR) is 86.1 cm³/mol. The van der Waals surface area contributed by atoms with Crippen LogP contribution in [0.1, 0.15) is 11.1 Å². The van der Waals surface area contributed by atoms with E-state index in [1.165, 1.54) is 0 Å². The Balaban J connectivity index is 1.66. The van der Waals surface area contributed by atoms with Gasteiger partial charge in [0.2, 0.25) is 6.79 Å². The van der Waals surface area contributed by atoms with E-state index in [1.807, 2.05) is 24.3 Å². The summed E-state index contributed by atoms with van der Waals surface area (Å²) in [6, 6.07) is 9.40. The van der Waals surface area contributed by atoms with E-state index in [4.69, 9.17) is 37.4 Å². The number of ether oxygens (including phenoxy) is 3. The summed E-state index contributed by atoms with van der Waals surface area (Å²) in [4.78, 5) is 0. The molecule has 0 aromatic heterocycles. The van der Waals surface area contributed by atoms with E-state index in [0.717, 1.165) is 22.6 Å². The number of hydrogen-bond donors (Lipinski definition) is 1. The molecule has 0 spiro atoms. The van der Waals surface area contributed by atoms with Crippen molar-refractivity contribution in [1.29, 1.82) is 0 Å². The van der Waals surface area contributed by atoms with Crippen LogP contribution < -0.4 is 19.5 Å². The molecule has 0 fully saturated rings. The van der Waals surface area contributed by atoms with Gasteiger partial charge in [-0.1, -0.05) is 29.3 Å². The molecule has 0 amide bonds. The average molecular weight is 340 g/mol. The minimum absolute atomic E-state index is 0.282. The van der Waals surface area contributed by atoms with Gasteiger partial charge in [-0.3, -0.25) is 0 Å². The minimum atomic E-state index is 0.282. The Labute approximate surface area is 138 Å². The van der Waals surface area contributed by atoms with Gasteiger partial charge in [-0.15, -0.1) is 0 Å². The molecule has 0 saturated carbocycles. The molecule has 4 nitrogen and oxygen atoms in total. The highest BCUT2D eigenvalue weighted by molar-refractivity contribution is 6.35. The van der Waals surface area contributed by atoms with Crippen LogP contribution in [0.25, 0.3) is 0 Å². The van der Waals surface area contributed by atoms with Crippen LogP contribution in [0.5, 0.6) is 17.2 Å². The number of rotatable bonds is 5. The first-order chi connectivity index (χ1) is 10.7. The van der Waals surface area contributed by atoms with Gasteiger partial charge in [-0.25, -0.2) is 0 Å². The van der Waals surface area contributed by atoms with Crippen molar-refractivity contribution in [3.8, 4) is 17.2 Å². The summed E-state index contributed by atoms with van der Waals surface area (Å²) in [5.74, 6) is 2.21. The lowest BCUT2D eigenvalue weighted by Crippen LogP contribution is -2.13. The summed E-state index contributed by atoms with van der Waals surface area (Å²) in [7, 11) is 1.59. The van der Waals surface area contributed by atoms with E-state index in [-0.39, 0.29) is 6.79 Å². The second-order valence-electron chi connectivity index (χ2n) is 4.87. The number of fused-ring (bicyclic) bond motifs is 1. The number of halogens is 2. The summed E-state index contributed by atoms with van der Waals surface area (Å²) in [6.45, 7) is 1.56. The van der Waals surface area contributed by atoms with Crippen molar-refractivity contribution in [3.05, 3.63) is 51.5 Å². The fourth-order valence-electron chi connectivity index (χ4n) is 2.37. The molecular weight excluding hydrogens is 325 g/mol. The zero-order valence-electron chi connectivity index (χ0n) is 12.0. The Morgan fingerprint density at radius 1 is 1.09 bits per heavy atom. The molecule has 6 heteroatoms. The van der Waals surface area contributed by atoms with Crippen LogP contribution in [0.4, 0.5) is 0 Å². The lowest BCUT2D eigenvalue weighted by Gasteiger charge is -2.12. The highest BCUT2D eigenvalue weighted by Crippen LogP contribution is 2.33. The Bertz CT molecular complexity index is 691. The lowest BCUT2D eigenvalue weighted by atomic mass is 10.1. The molecule has 2 aromatic rings. The fourth-order valence-corrected chi connectivity index (χ4v) is 2.98. The number of hydrogen-bond acceptors (Lipinski definition) is 4. The molecule has 0 radical (unpaired) electrons. The van der Waals surface area contributed by atoms with E-state index in [0.29, 0.717) is 28.9 Å². The lowest BCUT2D eigenvalue weighted by molar-refractivity contribution is 0.174. The quantitative estimate of drug-likeness (QED) is 0.892. The van der Waals surface area contributed by atoms with Crippen molar-refractivity contribution in [2.75, 3.05) is 13.9 Å². The maximum Gasteiger partial charge on any atom is 0.231 e. The molecule has 1 aliphatic heterocycles. The molecule has 0 aliphatic carbocycles. The molecule has 2 aromatic carbocycles. The molecule has 116 valence electrons. The Morgan fingerprint density at radius 2 is 1.91 bits per heavy atom.